The maximum absolute atomic E-state index is 5.77. The van der Waals surface area contributed by atoms with Crippen molar-refractivity contribution in [3.63, 3.8) is 0 Å². The Hall–Kier alpha value is -0.0800. The van der Waals surface area contributed by atoms with Crippen LogP contribution in [0.15, 0.2) is 0 Å². The predicted octanol–water partition coefficient (Wildman–Crippen LogP) is 1.98. The Balaban J connectivity index is 1.99. The van der Waals surface area contributed by atoms with E-state index in [-0.39, 0.29) is 0 Å². The van der Waals surface area contributed by atoms with Gasteiger partial charge in [0.15, 0.2) is 0 Å². The molecular weight excluding hydrogens is 152 g/mol. The molecule has 2 heterocycles. The molecule has 0 saturated carbocycles. The third-order valence-electron chi connectivity index (χ3n) is 2.82. The third-order valence-corrected chi connectivity index (χ3v) is 2.82. The van der Waals surface area contributed by atoms with Crippen LogP contribution in [0.4, 0.5) is 0 Å². The van der Waals surface area contributed by atoms with Crippen LogP contribution < -0.4 is 0 Å². The zero-order valence-electron chi connectivity index (χ0n) is 8.01. The van der Waals surface area contributed by atoms with Gasteiger partial charge < -0.3 is 9.47 Å². The lowest BCUT2D eigenvalue weighted by atomic mass is 9.82. The zero-order chi connectivity index (χ0) is 8.60. The molecule has 2 aliphatic rings. The lowest BCUT2D eigenvalue weighted by Crippen LogP contribution is -2.46. The van der Waals surface area contributed by atoms with E-state index in [4.69, 9.17) is 9.47 Å². The first-order valence-electron chi connectivity index (χ1n) is 4.91. The average Bonchev–Trinajstić information content (AvgIpc) is 2.02. The summed E-state index contributed by atoms with van der Waals surface area (Å²) in [6.45, 7) is 6.33. The van der Waals surface area contributed by atoms with Crippen molar-refractivity contribution in [1.82, 2.24) is 0 Å². The molecule has 2 nitrogen and oxygen atoms in total. The van der Waals surface area contributed by atoms with Crippen molar-refractivity contribution in [2.24, 2.45) is 5.41 Å². The summed E-state index contributed by atoms with van der Waals surface area (Å²) in [5, 5.41) is 0. The monoisotopic (exact) mass is 170 g/mol. The van der Waals surface area contributed by atoms with Crippen LogP contribution in [0, 0.1) is 5.41 Å². The average molecular weight is 170 g/mol. The molecule has 12 heavy (non-hydrogen) atoms. The van der Waals surface area contributed by atoms with Crippen LogP contribution in [0.5, 0.6) is 0 Å². The smallest absolute Gasteiger partial charge is 0.0842 e. The maximum Gasteiger partial charge on any atom is 0.0842 e. The van der Waals surface area contributed by atoms with E-state index in [1.165, 1.54) is 12.8 Å². The van der Waals surface area contributed by atoms with Gasteiger partial charge in [-0.3, -0.25) is 0 Å². The molecule has 2 aliphatic heterocycles. The van der Waals surface area contributed by atoms with E-state index >= 15 is 0 Å². The van der Waals surface area contributed by atoms with E-state index in [9.17, 15) is 0 Å². The third kappa shape index (κ3) is 1.64. The first-order chi connectivity index (χ1) is 5.67. The minimum Gasteiger partial charge on any atom is -0.375 e. The number of fused-ring (bicyclic) bond motifs is 1. The van der Waals surface area contributed by atoms with Gasteiger partial charge in [-0.1, -0.05) is 13.8 Å². The van der Waals surface area contributed by atoms with Gasteiger partial charge in [-0.2, -0.15) is 0 Å². The number of hydrogen-bond donors (Lipinski definition) is 0. The molecule has 0 amide bonds. The van der Waals surface area contributed by atoms with Crippen molar-refractivity contribution >= 4 is 0 Å². The molecule has 0 bridgehead atoms. The van der Waals surface area contributed by atoms with Gasteiger partial charge in [0, 0.05) is 6.61 Å². The van der Waals surface area contributed by atoms with Crippen LogP contribution >= 0.6 is 0 Å². The molecule has 0 spiro atoms. The summed E-state index contributed by atoms with van der Waals surface area (Å²) in [5.74, 6) is 0. The van der Waals surface area contributed by atoms with E-state index in [0.717, 1.165) is 19.6 Å². The molecule has 0 N–H and O–H groups in total. The minimum atomic E-state index is 0.318. The molecule has 0 aliphatic carbocycles. The summed E-state index contributed by atoms with van der Waals surface area (Å²) in [5.41, 5.74) is 0.318. The molecule has 0 unspecified atom stereocenters. The van der Waals surface area contributed by atoms with Gasteiger partial charge in [0.25, 0.3) is 0 Å². The number of rotatable bonds is 0. The van der Waals surface area contributed by atoms with Crippen molar-refractivity contribution < 1.29 is 9.47 Å². The van der Waals surface area contributed by atoms with Crippen molar-refractivity contribution in [2.75, 3.05) is 13.2 Å². The van der Waals surface area contributed by atoms with Crippen LogP contribution in [0.1, 0.15) is 33.1 Å². The quantitative estimate of drug-likeness (QED) is 0.553. The first-order valence-corrected chi connectivity index (χ1v) is 4.91. The molecule has 2 saturated heterocycles. The largest absolute Gasteiger partial charge is 0.375 e. The number of ether oxygens (including phenoxy) is 2. The summed E-state index contributed by atoms with van der Waals surface area (Å²) in [7, 11) is 0. The first kappa shape index (κ1) is 8.52. The van der Waals surface area contributed by atoms with E-state index in [1.54, 1.807) is 0 Å². The topological polar surface area (TPSA) is 18.5 Å². The van der Waals surface area contributed by atoms with Crippen LogP contribution in [0.25, 0.3) is 0 Å². The molecule has 0 radical (unpaired) electrons. The molecule has 2 heteroatoms. The molecule has 0 aromatic rings. The second kappa shape index (κ2) is 3.00. The van der Waals surface area contributed by atoms with Crippen molar-refractivity contribution in [2.45, 2.75) is 45.3 Å². The standard InChI is InChI=1S/C10H18O2/c1-10(2)6-9-8(12-7-10)4-3-5-11-9/h8-9H,3-7H2,1-2H3/t8-,9+/m1/s1. The second-order valence-corrected chi connectivity index (χ2v) is 4.77. The van der Waals surface area contributed by atoms with E-state index in [2.05, 4.69) is 13.8 Å². The Morgan fingerprint density at radius 3 is 2.83 bits per heavy atom. The fourth-order valence-electron chi connectivity index (χ4n) is 2.13. The Morgan fingerprint density at radius 2 is 2.00 bits per heavy atom. The Labute approximate surface area is 74.2 Å². The van der Waals surface area contributed by atoms with Gasteiger partial charge in [0.05, 0.1) is 18.8 Å². The lowest BCUT2D eigenvalue weighted by Gasteiger charge is -2.42. The van der Waals surface area contributed by atoms with E-state index in [1.807, 2.05) is 0 Å². The van der Waals surface area contributed by atoms with Gasteiger partial charge in [0.2, 0.25) is 0 Å². The minimum absolute atomic E-state index is 0.318. The fraction of sp³-hybridized carbons (Fsp3) is 1.00. The highest BCUT2D eigenvalue weighted by atomic mass is 16.5. The Kier molecular flexibility index (Phi) is 2.13. The van der Waals surface area contributed by atoms with Gasteiger partial charge in [-0.15, -0.1) is 0 Å². The van der Waals surface area contributed by atoms with Crippen molar-refractivity contribution in [3.05, 3.63) is 0 Å². The molecule has 2 rings (SSSR count). The SMILES string of the molecule is CC1(C)CO[C@@H]2CCCO[C@H]2C1. The normalized spacial score (nSPS) is 40.5. The second-order valence-electron chi connectivity index (χ2n) is 4.77. The predicted molar refractivity (Wildman–Crippen MR) is 47.1 cm³/mol. The van der Waals surface area contributed by atoms with Crippen molar-refractivity contribution in [3.8, 4) is 0 Å². The van der Waals surface area contributed by atoms with Crippen LogP contribution in [0.3, 0.4) is 0 Å². The maximum atomic E-state index is 5.77. The molecular formula is C10H18O2. The van der Waals surface area contributed by atoms with Crippen LogP contribution in [-0.4, -0.2) is 25.4 Å². The van der Waals surface area contributed by atoms with Crippen LogP contribution in [0.2, 0.25) is 0 Å². The fourth-order valence-corrected chi connectivity index (χ4v) is 2.13. The van der Waals surface area contributed by atoms with Gasteiger partial charge in [-0.05, 0) is 24.7 Å². The zero-order valence-corrected chi connectivity index (χ0v) is 8.01. The summed E-state index contributed by atoms with van der Waals surface area (Å²) in [4.78, 5) is 0. The molecule has 2 fully saturated rings. The summed E-state index contributed by atoms with van der Waals surface area (Å²) >= 11 is 0. The van der Waals surface area contributed by atoms with Gasteiger partial charge >= 0.3 is 0 Å². The summed E-state index contributed by atoms with van der Waals surface area (Å²) in [6.07, 6.45) is 4.30. The van der Waals surface area contributed by atoms with E-state index in [0.29, 0.717) is 17.6 Å². The van der Waals surface area contributed by atoms with E-state index < -0.39 is 0 Å². The van der Waals surface area contributed by atoms with Gasteiger partial charge in [-0.25, -0.2) is 0 Å². The molecule has 2 atom stereocenters. The summed E-state index contributed by atoms with van der Waals surface area (Å²) < 4.78 is 11.5. The highest BCUT2D eigenvalue weighted by Gasteiger charge is 2.37. The van der Waals surface area contributed by atoms with Crippen molar-refractivity contribution in [1.29, 1.82) is 0 Å². The Morgan fingerprint density at radius 1 is 1.17 bits per heavy atom. The summed E-state index contributed by atoms with van der Waals surface area (Å²) in [6, 6.07) is 0. The number of hydrogen-bond acceptors (Lipinski definition) is 2. The Bertz CT molecular complexity index is 165. The lowest BCUT2D eigenvalue weighted by molar-refractivity contribution is -0.169. The van der Waals surface area contributed by atoms with Crippen LogP contribution in [-0.2, 0) is 9.47 Å². The van der Waals surface area contributed by atoms with Gasteiger partial charge in [0.1, 0.15) is 0 Å². The highest BCUT2D eigenvalue weighted by Crippen LogP contribution is 2.35. The highest BCUT2D eigenvalue weighted by molar-refractivity contribution is 4.86. The molecule has 0 aromatic carbocycles. The molecule has 0 aromatic heterocycles. The molecule has 70 valence electrons.